The Morgan fingerprint density at radius 1 is 1.38 bits per heavy atom. The zero-order valence-electron chi connectivity index (χ0n) is 12.8. The molecule has 0 radical (unpaired) electrons. The fourth-order valence-electron chi connectivity index (χ4n) is 3.13. The first-order valence-corrected chi connectivity index (χ1v) is 7.85. The summed E-state index contributed by atoms with van der Waals surface area (Å²) in [7, 11) is 1.63. The Balaban J connectivity index is 1.89. The lowest BCUT2D eigenvalue weighted by molar-refractivity contribution is -0.121. The molecule has 1 atom stereocenters. The highest BCUT2D eigenvalue weighted by atomic mass is 16.5. The summed E-state index contributed by atoms with van der Waals surface area (Å²) in [5.41, 5.74) is 6.82. The summed E-state index contributed by atoms with van der Waals surface area (Å²) in [6, 6.07) is 7.75. The second-order valence-corrected chi connectivity index (χ2v) is 5.84. The number of hydrogen-bond acceptors (Lipinski definition) is 3. The summed E-state index contributed by atoms with van der Waals surface area (Å²) >= 11 is 0. The molecule has 116 valence electrons. The van der Waals surface area contributed by atoms with Crippen molar-refractivity contribution in [3.05, 3.63) is 29.8 Å². The Morgan fingerprint density at radius 3 is 2.81 bits per heavy atom. The van der Waals surface area contributed by atoms with Crippen LogP contribution >= 0.6 is 0 Å². The van der Waals surface area contributed by atoms with Crippen LogP contribution in [-0.4, -0.2) is 25.6 Å². The van der Waals surface area contributed by atoms with Crippen molar-refractivity contribution in [2.24, 2.45) is 11.7 Å². The molecule has 2 rings (SSSR count). The van der Waals surface area contributed by atoms with Gasteiger partial charge in [0.05, 0.1) is 13.5 Å². The number of benzene rings is 1. The lowest BCUT2D eigenvalue weighted by Gasteiger charge is -2.30. The first-order chi connectivity index (χ1) is 10.2. The van der Waals surface area contributed by atoms with Crippen LogP contribution in [-0.2, 0) is 11.2 Å². The fraction of sp³-hybridized carbons (Fsp3) is 0.588. The molecule has 1 aromatic rings. The number of ether oxygens (including phenoxy) is 1. The van der Waals surface area contributed by atoms with Crippen molar-refractivity contribution in [3.63, 3.8) is 0 Å². The highest BCUT2D eigenvalue weighted by Gasteiger charge is 2.23. The third kappa shape index (κ3) is 4.74. The molecule has 4 heteroatoms. The first kappa shape index (κ1) is 15.8. The molecule has 3 N–H and O–H groups in total. The van der Waals surface area contributed by atoms with Crippen molar-refractivity contribution < 1.29 is 9.53 Å². The zero-order chi connectivity index (χ0) is 15.1. The Bertz CT molecular complexity index is 456. The summed E-state index contributed by atoms with van der Waals surface area (Å²) in [6.07, 6.45) is 6.56. The minimum Gasteiger partial charge on any atom is -0.497 e. The lowest BCUT2D eigenvalue weighted by atomic mass is 9.84. The Kier molecular flexibility index (Phi) is 6.05. The van der Waals surface area contributed by atoms with E-state index in [9.17, 15) is 4.79 Å². The summed E-state index contributed by atoms with van der Waals surface area (Å²) in [5, 5.41) is 3.12. The van der Waals surface area contributed by atoms with E-state index in [4.69, 9.17) is 10.5 Å². The van der Waals surface area contributed by atoms with Gasteiger partial charge in [0.2, 0.25) is 5.91 Å². The van der Waals surface area contributed by atoms with E-state index in [0.29, 0.717) is 18.9 Å². The van der Waals surface area contributed by atoms with Gasteiger partial charge in [-0.2, -0.15) is 0 Å². The molecular formula is C17H26N2O2. The Labute approximate surface area is 127 Å². The number of amides is 1. The summed E-state index contributed by atoms with van der Waals surface area (Å²) in [4.78, 5) is 12.2. The van der Waals surface area contributed by atoms with E-state index in [1.165, 1.54) is 32.1 Å². The monoisotopic (exact) mass is 290 g/mol. The molecule has 0 aromatic heterocycles. The van der Waals surface area contributed by atoms with Gasteiger partial charge in [0.25, 0.3) is 0 Å². The highest BCUT2D eigenvalue weighted by molar-refractivity contribution is 5.79. The molecule has 1 aromatic carbocycles. The van der Waals surface area contributed by atoms with Gasteiger partial charge in [-0.3, -0.25) is 4.79 Å². The molecule has 0 spiro atoms. The van der Waals surface area contributed by atoms with E-state index < -0.39 is 0 Å². The molecule has 1 aliphatic rings. The normalized spacial score (nSPS) is 17.2. The van der Waals surface area contributed by atoms with Gasteiger partial charge < -0.3 is 15.8 Å². The van der Waals surface area contributed by atoms with Crippen LogP contribution in [0.1, 0.15) is 37.7 Å². The van der Waals surface area contributed by atoms with Crippen LogP contribution in [0.15, 0.2) is 24.3 Å². The number of rotatable bonds is 6. The zero-order valence-corrected chi connectivity index (χ0v) is 12.8. The van der Waals surface area contributed by atoms with Crippen LogP contribution in [0.3, 0.4) is 0 Å². The molecule has 0 heterocycles. The second-order valence-electron chi connectivity index (χ2n) is 5.84. The quantitative estimate of drug-likeness (QED) is 0.844. The smallest absolute Gasteiger partial charge is 0.224 e. The fourth-order valence-corrected chi connectivity index (χ4v) is 3.13. The molecular weight excluding hydrogens is 264 g/mol. The van der Waals surface area contributed by atoms with Gasteiger partial charge >= 0.3 is 0 Å². The molecule has 21 heavy (non-hydrogen) atoms. The number of carbonyl (C=O) groups is 1. The SMILES string of the molecule is COc1cccc(CC(=O)NC(CN)C2CCCCC2)c1. The topological polar surface area (TPSA) is 64.3 Å². The van der Waals surface area contributed by atoms with Crippen LogP contribution < -0.4 is 15.8 Å². The van der Waals surface area contributed by atoms with E-state index in [1.54, 1.807) is 7.11 Å². The number of methoxy groups -OCH3 is 1. The van der Waals surface area contributed by atoms with Crippen molar-refractivity contribution in [3.8, 4) is 5.75 Å². The molecule has 1 amide bonds. The molecule has 0 aliphatic heterocycles. The summed E-state index contributed by atoms with van der Waals surface area (Å²) < 4.78 is 5.18. The van der Waals surface area contributed by atoms with Crippen molar-refractivity contribution >= 4 is 5.91 Å². The van der Waals surface area contributed by atoms with Gasteiger partial charge in [0.15, 0.2) is 0 Å². The van der Waals surface area contributed by atoms with Crippen LogP contribution in [0, 0.1) is 5.92 Å². The molecule has 4 nitrogen and oxygen atoms in total. The van der Waals surface area contributed by atoms with E-state index >= 15 is 0 Å². The number of hydrogen-bond donors (Lipinski definition) is 2. The predicted octanol–water partition coefficient (Wildman–Crippen LogP) is 2.26. The highest BCUT2D eigenvalue weighted by Crippen LogP contribution is 2.26. The van der Waals surface area contributed by atoms with Crippen molar-refractivity contribution in [1.82, 2.24) is 5.32 Å². The van der Waals surface area contributed by atoms with Gasteiger partial charge in [-0.1, -0.05) is 31.4 Å². The molecule has 0 bridgehead atoms. The number of nitrogens with one attached hydrogen (secondary N) is 1. The van der Waals surface area contributed by atoms with Crippen molar-refractivity contribution in [2.45, 2.75) is 44.6 Å². The minimum absolute atomic E-state index is 0.0456. The summed E-state index contributed by atoms with van der Waals surface area (Å²) in [6.45, 7) is 0.522. The molecule has 1 saturated carbocycles. The van der Waals surface area contributed by atoms with Gasteiger partial charge in [-0.15, -0.1) is 0 Å². The van der Waals surface area contributed by atoms with Gasteiger partial charge in [0.1, 0.15) is 5.75 Å². The number of carbonyl (C=O) groups excluding carboxylic acids is 1. The van der Waals surface area contributed by atoms with Crippen molar-refractivity contribution in [1.29, 1.82) is 0 Å². The predicted molar refractivity (Wildman–Crippen MR) is 84.3 cm³/mol. The van der Waals surface area contributed by atoms with Crippen LogP contribution in [0.2, 0.25) is 0 Å². The average molecular weight is 290 g/mol. The third-order valence-electron chi connectivity index (χ3n) is 4.32. The van der Waals surface area contributed by atoms with Crippen LogP contribution in [0.5, 0.6) is 5.75 Å². The van der Waals surface area contributed by atoms with Gasteiger partial charge in [0, 0.05) is 12.6 Å². The minimum atomic E-state index is 0.0456. The van der Waals surface area contributed by atoms with E-state index in [0.717, 1.165) is 11.3 Å². The molecule has 1 unspecified atom stereocenters. The van der Waals surface area contributed by atoms with E-state index in [-0.39, 0.29) is 11.9 Å². The maximum absolute atomic E-state index is 12.2. The Morgan fingerprint density at radius 2 is 2.14 bits per heavy atom. The second kappa shape index (κ2) is 8.03. The molecule has 1 aliphatic carbocycles. The average Bonchev–Trinajstić information content (AvgIpc) is 2.53. The summed E-state index contributed by atoms with van der Waals surface area (Å²) in [5.74, 6) is 1.37. The molecule has 1 fully saturated rings. The first-order valence-electron chi connectivity index (χ1n) is 7.85. The lowest BCUT2D eigenvalue weighted by Crippen LogP contribution is -2.46. The Hall–Kier alpha value is -1.55. The largest absolute Gasteiger partial charge is 0.497 e. The van der Waals surface area contributed by atoms with E-state index in [2.05, 4.69) is 5.32 Å². The standard InChI is InChI=1S/C17H26N2O2/c1-21-15-9-5-6-13(10-15)11-17(20)19-16(12-18)14-7-3-2-4-8-14/h5-6,9-10,14,16H,2-4,7-8,11-12,18H2,1H3,(H,19,20). The van der Waals surface area contributed by atoms with Gasteiger partial charge in [-0.25, -0.2) is 0 Å². The maximum Gasteiger partial charge on any atom is 0.224 e. The van der Waals surface area contributed by atoms with E-state index in [1.807, 2.05) is 24.3 Å². The third-order valence-corrected chi connectivity index (χ3v) is 4.32. The van der Waals surface area contributed by atoms with Crippen LogP contribution in [0.4, 0.5) is 0 Å². The van der Waals surface area contributed by atoms with Crippen LogP contribution in [0.25, 0.3) is 0 Å². The van der Waals surface area contributed by atoms with Crippen molar-refractivity contribution in [2.75, 3.05) is 13.7 Å². The molecule has 0 saturated heterocycles. The number of nitrogens with two attached hydrogens (primary N) is 1. The maximum atomic E-state index is 12.2. The van der Waals surface area contributed by atoms with Gasteiger partial charge in [-0.05, 0) is 36.5 Å².